The van der Waals surface area contributed by atoms with E-state index in [9.17, 15) is 17.6 Å². The molecule has 0 spiro atoms. The fourth-order valence-corrected chi connectivity index (χ4v) is 2.91. The third-order valence-electron chi connectivity index (χ3n) is 4.11. The molecule has 128 valence electrons. The van der Waals surface area contributed by atoms with E-state index in [-0.39, 0.29) is 0 Å². The molecule has 0 amide bonds. The van der Waals surface area contributed by atoms with E-state index in [1.54, 1.807) is 0 Å². The van der Waals surface area contributed by atoms with Gasteiger partial charge in [-0.05, 0) is 48.9 Å². The largest absolute Gasteiger partial charge is 0.573 e. The van der Waals surface area contributed by atoms with Gasteiger partial charge >= 0.3 is 6.36 Å². The first-order valence-corrected chi connectivity index (χ1v) is 8.14. The maximum absolute atomic E-state index is 13.8. The highest BCUT2D eigenvalue weighted by atomic mass is 19.4. The number of rotatable bonds is 7. The molecule has 23 heavy (non-hydrogen) atoms. The van der Waals surface area contributed by atoms with Crippen LogP contribution in [-0.2, 0) is 12.8 Å². The van der Waals surface area contributed by atoms with Crippen molar-refractivity contribution in [3.63, 3.8) is 0 Å². The van der Waals surface area contributed by atoms with Crippen molar-refractivity contribution in [3.05, 3.63) is 40.7 Å². The lowest BCUT2D eigenvalue weighted by Crippen LogP contribution is -2.18. The van der Waals surface area contributed by atoms with Crippen LogP contribution in [0.4, 0.5) is 17.6 Å². The van der Waals surface area contributed by atoms with Gasteiger partial charge in [0, 0.05) is 0 Å². The predicted molar refractivity (Wildman–Crippen MR) is 82.0 cm³/mol. The minimum absolute atomic E-state index is 0.536. The number of hydrogen-bond donors (Lipinski definition) is 0. The molecule has 0 bridgehead atoms. The smallest absolute Gasteiger partial charge is 0.403 e. The first-order chi connectivity index (χ1) is 10.9. The van der Waals surface area contributed by atoms with Crippen molar-refractivity contribution in [1.82, 2.24) is 0 Å². The summed E-state index contributed by atoms with van der Waals surface area (Å²) in [4.78, 5) is 0. The molecule has 0 fully saturated rings. The van der Waals surface area contributed by atoms with Gasteiger partial charge in [0.15, 0.2) is 11.6 Å². The molecule has 0 heterocycles. The topological polar surface area (TPSA) is 9.23 Å². The highest BCUT2D eigenvalue weighted by Gasteiger charge is 2.33. The van der Waals surface area contributed by atoms with Gasteiger partial charge < -0.3 is 4.74 Å². The zero-order valence-corrected chi connectivity index (χ0v) is 13.3. The number of halogens is 4. The van der Waals surface area contributed by atoms with Crippen LogP contribution >= 0.6 is 0 Å². The van der Waals surface area contributed by atoms with Crippen molar-refractivity contribution in [1.29, 1.82) is 0 Å². The lowest BCUT2D eigenvalue weighted by atomic mass is 9.89. The van der Waals surface area contributed by atoms with Gasteiger partial charge in [0.1, 0.15) is 0 Å². The summed E-state index contributed by atoms with van der Waals surface area (Å²) in [5, 5.41) is 0. The average Bonchev–Trinajstić information content (AvgIpc) is 2.46. The van der Waals surface area contributed by atoms with E-state index in [2.05, 4.69) is 17.7 Å². The van der Waals surface area contributed by atoms with Crippen molar-refractivity contribution in [2.24, 2.45) is 0 Å². The summed E-state index contributed by atoms with van der Waals surface area (Å²) in [6, 6.07) is 2.35. The van der Waals surface area contributed by atoms with E-state index < -0.39 is 17.9 Å². The maximum atomic E-state index is 13.8. The van der Waals surface area contributed by atoms with Crippen molar-refractivity contribution in [2.75, 3.05) is 0 Å². The summed E-state index contributed by atoms with van der Waals surface area (Å²) in [6.45, 7) is 2.17. The van der Waals surface area contributed by atoms with Crippen LogP contribution in [0.1, 0.15) is 56.6 Å². The SMILES string of the molecule is CCCCCCCC1=CCc2cc(OC(F)(F)F)c(F)cc2C1. The van der Waals surface area contributed by atoms with E-state index in [0.29, 0.717) is 18.4 Å². The summed E-state index contributed by atoms with van der Waals surface area (Å²) in [6.07, 6.45) is 5.29. The molecule has 0 atom stereocenters. The highest BCUT2D eigenvalue weighted by Crippen LogP contribution is 2.32. The molecule has 1 aliphatic rings. The second kappa shape index (κ2) is 7.84. The Labute approximate surface area is 134 Å². The number of benzene rings is 1. The first kappa shape index (κ1) is 17.8. The highest BCUT2D eigenvalue weighted by molar-refractivity contribution is 5.43. The van der Waals surface area contributed by atoms with Gasteiger partial charge in [-0.1, -0.05) is 44.3 Å². The van der Waals surface area contributed by atoms with Gasteiger partial charge in [-0.15, -0.1) is 13.2 Å². The Balaban J connectivity index is 1.96. The van der Waals surface area contributed by atoms with Crippen LogP contribution in [0.15, 0.2) is 23.8 Å². The van der Waals surface area contributed by atoms with Crippen LogP contribution in [-0.4, -0.2) is 6.36 Å². The molecule has 0 N–H and O–H groups in total. The molecule has 1 aromatic carbocycles. The van der Waals surface area contributed by atoms with Crippen molar-refractivity contribution in [3.8, 4) is 5.75 Å². The van der Waals surface area contributed by atoms with E-state index in [4.69, 9.17) is 0 Å². The minimum atomic E-state index is -4.87. The van der Waals surface area contributed by atoms with Crippen molar-refractivity contribution in [2.45, 2.75) is 64.7 Å². The third kappa shape index (κ3) is 5.56. The van der Waals surface area contributed by atoms with Gasteiger partial charge in [0.2, 0.25) is 0 Å². The number of allylic oxidation sites excluding steroid dienone is 2. The molecular weight excluding hydrogens is 308 g/mol. The van der Waals surface area contributed by atoms with Gasteiger partial charge in [-0.2, -0.15) is 0 Å². The summed E-state index contributed by atoms with van der Waals surface area (Å²) >= 11 is 0. The number of ether oxygens (including phenoxy) is 1. The Morgan fingerprint density at radius 2 is 1.78 bits per heavy atom. The molecular formula is C18H22F4O. The van der Waals surface area contributed by atoms with E-state index in [1.807, 2.05) is 0 Å². The summed E-state index contributed by atoms with van der Waals surface area (Å²) in [5.41, 5.74) is 2.72. The van der Waals surface area contributed by atoms with Crippen LogP contribution in [0.3, 0.4) is 0 Å². The molecule has 0 radical (unpaired) electrons. The predicted octanol–water partition coefficient (Wildman–Crippen LogP) is 6.11. The second-order valence-electron chi connectivity index (χ2n) is 6.01. The monoisotopic (exact) mass is 330 g/mol. The van der Waals surface area contributed by atoms with Gasteiger partial charge in [-0.3, -0.25) is 0 Å². The summed E-state index contributed by atoms with van der Waals surface area (Å²) < 4.78 is 54.2. The lowest BCUT2D eigenvalue weighted by Gasteiger charge is -2.19. The minimum Gasteiger partial charge on any atom is -0.403 e. The zero-order chi connectivity index (χ0) is 16.9. The average molecular weight is 330 g/mol. The summed E-state index contributed by atoms with van der Waals surface area (Å²) in [7, 11) is 0. The molecule has 0 aliphatic heterocycles. The molecule has 0 saturated heterocycles. The van der Waals surface area contributed by atoms with Crippen LogP contribution in [0.5, 0.6) is 5.75 Å². The lowest BCUT2D eigenvalue weighted by molar-refractivity contribution is -0.275. The van der Waals surface area contributed by atoms with Crippen LogP contribution in [0.2, 0.25) is 0 Å². The number of hydrogen-bond acceptors (Lipinski definition) is 1. The van der Waals surface area contributed by atoms with Crippen molar-refractivity contribution >= 4 is 0 Å². The Hall–Kier alpha value is -1.52. The Bertz CT molecular complexity index is 561. The molecule has 1 aromatic rings. The number of fused-ring (bicyclic) bond motifs is 1. The Morgan fingerprint density at radius 1 is 1.04 bits per heavy atom. The molecule has 1 aliphatic carbocycles. The Kier molecular flexibility index (Phi) is 6.08. The quantitative estimate of drug-likeness (QED) is 0.333. The van der Waals surface area contributed by atoms with Crippen molar-refractivity contribution < 1.29 is 22.3 Å². The number of unbranched alkanes of at least 4 members (excludes halogenated alkanes) is 4. The van der Waals surface area contributed by atoms with Crippen LogP contribution in [0, 0.1) is 5.82 Å². The molecule has 0 unspecified atom stereocenters. The third-order valence-corrected chi connectivity index (χ3v) is 4.11. The van der Waals surface area contributed by atoms with E-state index in [1.165, 1.54) is 43.4 Å². The van der Waals surface area contributed by atoms with Crippen LogP contribution in [0.25, 0.3) is 0 Å². The van der Waals surface area contributed by atoms with Gasteiger partial charge in [0.25, 0.3) is 0 Å². The standard InChI is InChI=1S/C18H22F4O/c1-2-3-4-5-6-7-13-8-9-14-12-17(23-18(20,21)22)16(19)11-15(14)10-13/h8,11-12H,2-7,9-10H2,1H3. The van der Waals surface area contributed by atoms with E-state index >= 15 is 0 Å². The fourth-order valence-electron chi connectivity index (χ4n) is 2.91. The van der Waals surface area contributed by atoms with E-state index in [0.717, 1.165) is 18.4 Å². The molecule has 0 aromatic heterocycles. The van der Waals surface area contributed by atoms with Gasteiger partial charge in [-0.25, -0.2) is 4.39 Å². The number of alkyl halides is 3. The second-order valence-corrected chi connectivity index (χ2v) is 6.01. The fraction of sp³-hybridized carbons (Fsp3) is 0.556. The molecule has 2 rings (SSSR count). The zero-order valence-electron chi connectivity index (χ0n) is 13.3. The molecule has 5 heteroatoms. The molecule has 1 nitrogen and oxygen atoms in total. The van der Waals surface area contributed by atoms with Crippen LogP contribution < -0.4 is 4.74 Å². The normalized spacial score (nSPS) is 14.4. The van der Waals surface area contributed by atoms with Gasteiger partial charge in [0.05, 0.1) is 0 Å². The molecule has 0 saturated carbocycles. The maximum Gasteiger partial charge on any atom is 0.573 e. The summed E-state index contributed by atoms with van der Waals surface area (Å²) in [5.74, 6) is -1.70. The first-order valence-electron chi connectivity index (χ1n) is 8.14. The Morgan fingerprint density at radius 3 is 2.48 bits per heavy atom.